The van der Waals surface area contributed by atoms with E-state index in [-0.39, 0.29) is 0 Å². The van der Waals surface area contributed by atoms with Crippen LogP contribution in [0.25, 0.3) is 0 Å². The van der Waals surface area contributed by atoms with E-state index in [9.17, 15) is 8.78 Å². The third-order valence-corrected chi connectivity index (χ3v) is 4.16. The van der Waals surface area contributed by atoms with Crippen LogP contribution in [-0.2, 0) is 6.42 Å². The van der Waals surface area contributed by atoms with Crippen LogP contribution in [0.3, 0.4) is 0 Å². The Labute approximate surface area is 118 Å². The van der Waals surface area contributed by atoms with Gasteiger partial charge in [-0.3, -0.25) is 0 Å². The molecular weight excluding hydrogens is 256 g/mol. The van der Waals surface area contributed by atoms with Gasteiger partial charge in [-0.15, -0.1) is 0 Å². The first-order chi connectivity index (χ1) is 9.69. The Morgan fingerprint density at radius 2 is 1.90 bits per heavy atom. The van der Waals surface area contributed by atoms with E-state index in [1.54, 1.807) is 12.1 Å². The number of nitrogens with zero attached hydrogens (tertiary/aromatic N) is 1. The Balaban J connectivity index is 1.77. The predicted octanol–water partition coefficient (Wildman–Crippen LogP) is 4.78. The summed E-state index contributed by atoms with van der Waals surface area (Å²) in [5.41, 5.74) is 0.871. The van der Waals surface area contributed by atoms with Gasteiger partial charge in [-0.1, -0.05) is 12.1 Å². The molecule has 0 unspecified atom stereocenters. The molecule has 0 radical (unpaired) electrons. The monoisotopic (exact) mass is 275 g/mol. The van der Waals surface area contributed by atoms with E-state index < -0.39 is 11.6 Å². The summed E-state index contributed by atoms with van der Waals surface area (Å²) in [6.07, 6.45) is 9.98. The van der Waals surface area contributed by atoms with Gasteiger partial charge in [0.15, 0.2) is 11.6 Å². The average Bonchev–Trinajstić information content (AvgIpc) is 2.47. The van der Waals surface area contributed by atoms with Crippen molar-refractivity contribution in [2.45, 2.75) is 38.5 Å². The molecule has 3 heteroatoms. The summed E-state index contributed by atoms with van der Waals surface area (Å²) < 4.78 is 25.9. The van der Waals surface area contributed by atoms with Gasteiger partial charge in [-0.2, -0.15) is 5.26 Å². The topological polar surface area (TPSA) is 23.8 Å². The van der Waals surface area contributed by atoms with Crippen molar-refractivity contribution in [2.24, 2.45) is 11.8 Å². The fourth-order valence-electron chi connectivity index (χ4n) is 2.91. The Bertz CT molecular complexity index is 508. The first-order valence-corrected chi connectivity index (χ1v) is 7.19. The van der Waals surface area contributed by atoms with Crippen LogP contribution in [0, 0.1) is 34.8 Å². The van der Waals surface area contributed by atoms with Crippen LogP contribution in [0.1, 0.15) is 37.7 Å². The van der Waals surface area contributed by atoms with Gasteiger partial charge in [0, 0.05) is 6.08 Å². The predicted molar refractivity (Wildman–Crippen MR) is 74.9 cm³/mol. The maximum atomic E-state index is 13.1. The number of halogens is 2. The lowest BCUT2D eigenvalue weighted by atomic mass is 9.79. The summed E-state index contributed by atoms with van der Waals surface area (Å²) in [4.78, 5) is 0. The van der Waals surface area contributed by atoms with Gasteiger partial charge < -0.3 is 0 Å². The summed E-state index contributed by atoms with van der Waals surface area (Å²) in [6.45, 7) is 0. The van der Waals surface area contributed by atoms with Crippen molar-refractivity contribution < 1.29 is 8.78 Å². The summed E-state index contributed by atoms with van der Waals surface area (Å²) >= 11 is 0. The maximum Gasteiger partial charge on any atom is 0.159 e. The van der Waals surface area contributed by atoms with Crippen molar-refractivity contribution in [1.82, 2.24) is 0 Å². The van der Waals surface area contributed by atoms with Crippen LogP contribution >= 0.6 is 0 Å². The molecule has 0 bridgehead atoms. The van der Waals surface area contributed by atoms with E-state index >= 15 is 0 Å². The largest absolute Gasteiger partial charge is 0.204 e. The molecule has 1 aromatic carbocycles. The molecule has 0 N–H and O–H groups in total. The van der Waals surface area contributed by atoms with E-state index in [4.69, 9.17) is 5.26 Å². The van der Waals surface area contributed by atoms with E-state index in [2.05, 4.69) is 0 Å². The molecule has 1 saturated carbocycles. The van der Waals surface area contributed by atoms with Crippen LogP contribution in [0.4, 0.5) is 8.78 Å². The van der Waals surface area contributed by atoms with E-state index in [0.717, 1.165) is 44.1 Å². The van der Waals surface area contributed by atoms with Crippen molar-refractivity contribution in [2.75, 3.05) is 0 Å². The number of hydrogen-bond acceptors (Lipinski definition) is 1. The molecular formula is C17H19F2N. The number of hydrogen-bond donors (Lipinski definition) is 0. The summed E-state index contributed by atoms with van der Waals surface area (Å²) in [7, 11) is 0. The van der Waals surface area contributed by atoms with Crippen LogP contribution in [0.5, 0.6) is 0 Å². The summed E-state index contributed by atoms with van der Waals surface area (Å²) in [6, 6.07) is 6.21. The molecule has 0 aromatic heterocycles. The van der Waals surface area contributed by atoms with Crippen molar-refractivity contribution in [3.63, 3.8) is 0 Å². The normalized spacial score (nSPS) is 22.9. The molecule has 1 aliphatic rings. The first kappa shape index (κ1) is 14.7. The molecule has 20 heavy (non-hydrogen) atoms. The lowest BCUT2D eigenvalue weighted by molar-refractivity contribution is 0.296. The van der Waals surface area contributed by atoms with E-state index in [0.29, 0.717) is 11.8 Å². The molecule has 106 valence electrons. The minimum Gasteiger partial charge on any atom is -0.204 e. The SMILES string of the molecule is N#CC=CC1CCC(CCc2ccc(F)c(F)c2)CC1. The summed E-state index contributed by atoms with van der Waals surface area (Å²) in [5, 5.41) is 8.51. The molecule has 2 rings (SSSR count). The molecule has 0 atom stereocenters. The minimum atomic E-state index is -0.779. The quantitative estimate of drug-likeness (QED) is 0.725. The highest BCUT2D eigenvalue weighted by Gasteiger charge is 2.19. The van der Waals surface area contributed by atoms with Crippen molar-refractivity contribution in [1.29, 1.82) is 5.26 Å². The third-order valence-electron chi connectivity index (χ3n) is 4.16. The number of rotatable bonds is 4. The van der Waals surface area contributed by atoms with Gasteiger partial charge in [0.05, 0.1) is 6.07 Å². The minimum absolute atomic E-state index is 0.536. The van der Waals surface area contributed by atoms with Gasteiger partial charge in [0.2, 0.25) is 0 Å². The number of allylic oxidation sites excluding steroid dienone is 2. The molecule has 1 nitrogen and oxygen atoms in total. The van der Waals surface area contributed by atoms with Gasteiger partial charge in [-0.05, 0) is 68.1 Å². The Hall–Kier alpha value is -1.69. The molecule has 1 aliphatic carbocycles. The van der Waals surface area contributed by atoms with Crippen molar-refractivity contribution >= 4 is 0 Å². The first-order valence-electron chi connectivity index (χ1n) is 7.19. The highest BCUT2D eigenvalue weighted by molar-refractivity contribution is 5.17. The lowest BCUT2D eigenvalue weighted by Gasteiger charge is -2.26. The zero-order valence-corrected chi connectivity index (χ0v) is 11.5. The number of benzene rings is 1. The standard InChI is InChI=1S/C17H19F2N/c18-16-10-9-15(12-17(16)19)8-7-14-5-3-13(4-6-14)2-1-11-20/h1-2,9-10,12-14H,3-8H2. The molecule has 0 aliphatic heterocycles. The Kier molecular flexibility index (Phi) is 5.29. The Morgan fingerprint density at radius 1 is 1.15 bits per heavy atom. The van der Waals surface area contributed by atoms with Crippen molar-refractivity contribution in [3.8, 4) is 6.07 Å². The molecule has 0 spiro atoms. The Morgan fingerprint density at radius 3 is 2.55 bits per heavy atom. The van der Waals surface area contributed by atoms with Crippen LogP contribution in [0.15, 0.2) is 30.4 Å². The van der Waals surface area contributed by atoms with Gasteiger partial charge in [0.25, 0.3) is 0 Å². The average molecular weight is 275 g/mol. The summed E-state index contributed by atoms with van der Waals surface area (Å²) in [5.74, 6) is -0.338. The molecule has 1 aromatic rings. The van der Waals surface area contributed by atoms with E-state index in [1.165, 1.54) is 12.1 Å². The highest BCUT2D eigenvalue weighted by Crippen LogP contribution is 2.32. The number of aryl methyl sites for hydroxylation is 1. The maximum absolute atomic E-state index is 13.1. The molecule has 1 fully saturated rings. The number of nitriles is 1. The molecule has 0 saturated heterocycles. The van der Waals surface area contributed by atoms with Gasteiger partial charge in [-0.25, -0.2) is 8.78 Å². The highest BCUT2D eigenvalue weighted by atomic mass is 19.2. The second-order valence-corrected chi connectivity index (χ2v) is 5.56. The fraction of sp³-hybridized carbons (Fsp3) is 0.471. The zero-order chi connectivity index (χ0) is 14.4. The zero-order valence-electron chi connectivity index (χ0n) is 11.5. The second kappa shape index (κ2) is 7.19. The van der Waals surface area contributed by atoms with Gasteiger partial charge >= 0.3 is 0 Å². The lowest BCUT2D eigenvalue weighted by Crippen LogP contribution is -2.13. The second-order valence-electron chi connectivity index (χ2n) is 5.56. The van der Waals surface area contributed by atoms with Crippen LogP contribution in [0.2, 0.25) is 0 Å². The van der Waals surface area contributed by atoms with Crippen molar-refractivity contribution in [3.05, 3.63) is 47.5 Å². The fourth-order valence-corrected chi connectivity index (χ4v) is 2.91. The van der Waals surface area contributed by atoms with E-state index in [1.807, 2.05) is 12.1 Å². The third kappa shape index (κ3) is 4.16. The van der Waals surface area contributed by atoms with Crippen LogP contribution in [-0.4, -0.2) is 0 Å². The van der Waals surface area contributed by atoms with Gasteiger partial charge in [0.1, 0.15) is 0 Å². The smallest absolute Gasteiger partial charge is 0.159 e. The molecule has 0 amide bonds. The van der Waals surface area contributed by atoms with Crippen LogP contribution < -0.4 is 0 Å². The molecule has 0 heterocycles.